The fourth-order valence-electron chi connectivity index (χ4n) is 1.80. The number of hydrogen-bond acceptors (Lipinski definition) is 2. The van der Waals surface area contributed by atoms with Gasteiger partial charge in [-0.3, -0.25) is 4.98 Å². The lowest BCUT2D eigenvalue weighted by atomic mass is 10.1. The molecule has 1 aromatic heterocycles. The fraction of sp³-hybridized carbons (Fsp3) is 0.267. The largest absolute Gasteiger partial charge is 0.305 e. The number of rotatable bonds is 4. The van der Waals surface area contributed by atoms with Crippen LogP contribution in [0.5, 0.6) is 0 Å². The quantitative estimate of drug-likeness (QED) is 0.902. The Hall–Kier alpha value is -1.38. The zero-order valence-electron chi connectivity index (χ0n) is 10.7. The molecular formula is C15H17ClN2. The molecule has 3 heteroatoms. The van der Waals surface area contributed by atoms with E-state index in [0.29, 0.717) is 0 Å². The van der Waals surface area contributed by atoms with Crippen LogP contribution < -0.4 is 5.32 Å². The van der Waals surface area contributed by atoms with Crippen molar-refractivity contribution in [1.82, 2.24) is 10.3 Å². The molecule has 1 N–H and O–H groups in total. The summed E-state index contributed by atoms with van der Waals surface area (Å²) in [4.78, 5) is 4.33. The molecule has 0 spiro atoms. The van der Waals surface area contributed by atoms with Crippen molar-refractivity contribution in [2.75, 3.05) is 0 Å². The molecule has 0 aliphatic carbocycles. The predicted octanol–water partition coefficient (Wildman–Crippen LogP) is 3.89. The molecule has 0 aliphatic heterocycles. The van der Waals surface area contributed by atoms with Gasteiger partial charge in [0.1, 0.15) is 0 Å². The molecule has 1 aromatic carbocycles. The van der Waals surface area contributed by atoms with Gasteiger partial charge in [0.05, 0.1) is 5.69 Å². The Morgan fingerprint density at radius 3 is 2.78 bits per heavy atom. The third kappa shape index (κ3) is 3.31. The Balaban J connectivity index is 1.99. The second-order valence-corrected chi connectivity index (χ2v) is 4.86. The molecular weight excluding hydrogens is 244 g/mol. The molecule has 0 aliphatic rings. The molecule has 0 bridgehead atoms. The Labute approximate surface area is 113 Å². The van der Waals surface area contributed by atoms with Crippen LogP contribution >= 0.6 is 11.6 Å². The summed E-state index contributed by atoms with van der Waals surface area (Å²) < 4.78 is 0. The van der Waals surface area contributed by atoms with Gasteiger partial charge >= 0.3 is 0 Å². The molecule has 0 amide bonds. The van der Waals surface area contributed by atoms with Gasteiger partial charge in [-0.15, -0.1) is 0 Å². The second-order valence-electron chi connectivity index (χ2n) is 4.45. The van der Waals surface area contributed by atoms with Crippen LogP contribution in [0.25, 0.3) is 0 Å². The highest BCUT2D eigenvalue weighted by Gasteiger charge is 2.07. The number of hydrogen-bond donors (Lipinski definition) is 1. The van der Waals surface area contributed by atoms with Crippen molar-refractivity contribution in [3.05, 3.63) is 64.4 Å². The van der Waals surface area contributed by atoms with Gasteiger partial charge in [-0.1, -0.05) is 29.8 Å². The zero-order chi connectivity index (χ0) is 13.0. The number of nitrogens with one attached hydrogen (secondary N) is 1. The molecule has 2 rings (SSSR count). The van der Waals surface area contributed by atoms with Gasteiger partial charge in [-0.2, -0.15) is 0 Å². The molecule has 18 heavy (non-hydrogen) atoms. The lowest BCUT2D eigenvalue weighted by Crippen LogP contribution is -2.19. The molecule has 0 saturated carbocycles. The summed E-state index contributed by atoms with van der Waals surface area (Å²) in [5, 5.41) is 4.24. The summed E-state index contributed by atoms with van der Waals surface area (Å²) in [6.07, 6.45) is 1.81. The van der Waals surface area contributed by atoms with Crippen molar-refractivity contribution < 1.29 is 0 Å². The van der Waals surface area contributed by atoms with Gasteiger partial charge in [-0.05, 0) is 43.2 Å². The molecule has 0 saturated heterocycles. The highest BCUT2D eigenvalue weighted by atomic mass is 35.5. The Morgan fingerprint density at radius 2 is 2.11 bits per heavy atom. The monoisotopic (exact) mass is 260 g/mol. The number of aromatic nitrogens is 1. The predicted molar refractivity (Wildman–Crippen MR) is 75.7 cm³/mol. The molecule has 94 valence electrons. The van der Waals surface area contributed by atoms with Crippen molar-refractivity contribution >= 4 is 11.6 Å². The van der Waals surface area contributed by atoms with E-state index in [-0.39, 0.29) is 6.04 Å². The average Bonchev–Trinajstić information content (AvgIpc) is 2.38. The minimum Gasteiger partial charge on any atom is -0.305 e. The van der Waals surface area contributed by atoms with E-state index < -0.39 is 0 Å². The molecule has 2 aromatic rings. The number of pyridine rings is 1. The summed E-state index contributed by atoms with van der Waals surface area (Å²) in [7, 11) is 0. The number of benzene rings is 1. The summed E-state index contributed by atoms with van der Waals surface area (Å²) in [6.45, 7) is 4.89. The minimum atomic E-state index is 0.212. The number of aryl methyl sites for hydroxylation is 1. The first-order valence-corrected chi connectivity index (χ1v) is 6.44. The molecule has 0 fully saturated rings. The normalized spacial score (nSPS) is 12.4. The van der Waals surface area contributed by atoms with E-state index in [1.807, 2.05) is 37.4 Å². The molecule has 2 nitrogen and oxygen atoms in total. The third-order valence-corrected chi connectivity index (χ3v) is 3.29. The van der Waals surface area contributed by atoms with E-state index in [0.717, 1.165) is 22.8 Å². The molecule has 1 heterocycles. The molecule has 1 atom stereocenters. The Kier molecular flexibility index (Phi) is 4.34. The van der Waals surface area contributed by atoms with Gasteiger partial charge in [0.25, 0.3) is 0 Å². The van der Waals surface area contributed by atoms with E-state index in [1.165, 1.54) is 5.56 Å². The molecule has 0 radical (unpaired) electrons. The maximum Gasteiger partial charge on any atom is 0.0570 e. The summed E-state index contributed by atoms with van der Waals surface area (Å²) in [5.74, 6) is 0. The van der Waals surface area contributed by atoms with Gasteiger partial charge in [-0.25, -0.2) is 0 Å². The van der Waals surface area contributed by atoms with Crippen LogP contribution in [0, 0.1) is 6.92 Å². The van der Waals surface area contributed by atoms with Crippen LogP contribution in [0.4, 0.5) is 0 Å². The summed E-state index contributed by atoms with van der Waals surface area (Å²) in [6, 6.07) is 12.3. The Bertz CT molecular complexity index is 511. The van der Waals surface area contributed by atoms with Crippen molar-refractivity contribution in [3.8, 4) is 0 Å². The van der Waals surface area contributed by atoms with Gasteiger partial charge in [0.15, 0.2) is 0 Å². The van der Waals surface area contributed by atoms with Gasteiger partial charge in [0.2, 0.25) is 0 Å². The van der Waals surface area contributed by atoms with Crippen LogP contribution in [0.2, 0.25) is 5.02 Å². The number of halogens is 1. The van der Waals surface area contributed by atoms with Crippen molar-refractivity contribution in [1.29, 1.82) is 0 Å². The standard InChI is InChI=1S/C15H17ClN2/c1-11-6-7-13(14(16)9-11)10-18-12(2)15-5-3-4-8-17-15/h3-9,12,18H,10H2,1-2H3/t12-/m0/s1. The van der Waals surface area contributed by atoms with E-state index in [2.05, 4.69) is 29.4 Å². The highest BCUT2D eigenvalue weighted by Crippen LogP contribution is 2.18. The molecule has 0 unspecified atom stereocenters. The van der Waals surface area contributed by atoms with Crippen molar-refractivity contribution in [2.24, 2.45) is 0 Å². The maximum atomic E-state index is 6.20. The smallest absolute Gasteiger partial charge is 0.0570 e. The van der Waals surface area contributed by atoms with E-state index in [9.17, 15) is 0 Å². The Morgan fingerprint density at radius 1 is 1.28 bits per heavy atom. The van der Waals surface area contributed by atoms with E-state index >= 15 is 0 Å². The zero-order valence-corrected chi connectivity index (χ0v) is 11.4. The van der Waals surface area contributed by atoms with Gasteiger partial charge in [0, 0.05) is 23.8 Å². The lowest BCUT2D eigenvalue weighted by molar-refractivity contribution is 0.561. The van der Waals surface area contributed by atoms with Crippen LogP contribution in [0.3, 0.4) is 0 Å². The lowest BCUT2D eigenvalue weighted by Gasteiger charge is -2.14. The van der Waals surface area contributed by atoms with Crippen molar-refractivity contribution in [2.45, 2.75) is 26.4 Å². The second kappa shape index (κ2) is 5.98. The SMILES string of the molecule is Cc1ccc(CN[C@@H](C)c2ccccn2)c(Cl)c1. The number of nitrogens with zero attached hydrogens (tertiary/aromatic N) is 1. The van der Waals surface area contributed by atoms with Crippen LogP contribution in [-0.2, 0) is 6.54 Å². The summed E-state index contributed by atoms with van der Waals surface area (Å²) >= 11 is 6.20. The third-order valence-electron chi connectivity index (χ3n) is 2.94. The maximum absolute atomic E-state index is 6.20. The average molecular weight is 261 g/mol. The van der Waals surface area contributed by atoms with Gasteiger partial charge < -0.3 is 5.32 Å². The first-order chi connectivity index (χ1) is 8.66. The van der Waals surface area contributed by atoms with Crippen LogP contribution in [-0.4, -0.2) is 4.98 Å². The van der Waals surface area contributed by atoms with Crippen molar-refractivity contribution in [3.63, 3.8) is 0 Å². The topological polar surface area (TPSA) is 24.9 Å². The fourth-order valence-corrected chi connectivity index (χ4v) is 2.10. The van der Waals surface area contributed by atoms with Crippen LogP contribution in [0.15, 0.2) is 42.6 Å². The highest BCUT2D eigenvalue weighted by molar-refractivity contribution is 6.31. The first-order valence-electron chi connectivity index (χ1n) is 6.06. The van der Waals surface area contributed by atoms with E-state index in [1.54, 1.807) is 0 Å². The summed E-state index contributed by atoms with van der Waals surface area (Å²) in [5.41, 5.74) is 3.34. The first kappa shape index (κ1) is 13.1. The van der Waals surface area contributed by atoms with E-state index in [4.69, 9.17) is 11.6 Å². The minimum absolute atomic E-state index is 0.212. The van der Waals surface area contributed by atoms with Crippen LogP contribution in [0.1, 0.15) is 29.8 Å².